The lowest BCUT2D eigenvalue weighted by Crippen LogP contribution is -2.21. The van der Waals surface area contributed by atoms with Crippen molar-refractivity contribution in [1.82, 2.24) is 0 Å². The van der Waals surface area contributed by atoms with Crippen LogP contribution in [0.1, 0.15) is 21.5 Å². The molecule has 5 nitrogen and oxygen atoms in total. The Kier molecular flexibility index (Phi) is 6.05. The molecule has 0 heterocycles. The van der Waals surface area contributed by atoms with Gasteiger partial charge in [0.05, 0.1) is 5.56 Å². The van der Waals surface area contributed by atoms with Crippen molar-refractivity contribution in [2.75, 3.05) is 11.9 Å². The average molecular weight is 349 g/mol. The number of alkyl halides is 2. The van der Waals surface area contributed by atoms with Gasteiger partial charge in [-0.1, -0.05) is 6.07 Å². The van der Waals surface area contributed by atoms with E-state index in [0.717, 1.165) is 11.1 Å². The molecule has 0 aliphatic heterocycles. The number of hydrogen-bond acceptors (Lipinski definition) is 4. The van der Waals surface area contributed by atoms with Crippen LogP contribution in [-0.2, 0) is 9.53 Å². The third kappa shape index (κ3) is 5.56. The van der Waals surface area contributed by atoms with Crippen molar-refractivity contribution in [3.05, 3.63) is 59.2 Å². The van der Waals surface area contributed by atoms with Crippen LogP contribution in [0.25, 0.3) is 0 Å². The number of nitrogens with one attached hydrogen (secondary N) is 1. The van der Waals surface area contributed by atoms with Gasteiger partial charge < -0.3 is 14.8 Å². The minimum absolute atomic E-state index is 0.0703. The summed E-state index contributed by atoms with van der Waals surface area (Å²) in [4.78, 5) is 23.7. The highest BCUT2D eigenvalue weighted by Gasteiger charge is 2.12. The van der Waals surface area contributed by atoms with Crippen LogP contribution in [0.4, 0.5) is 14.5 Å². The van der Waals surface area contributed by atoms with Crippen molar-refractivity contribution in [3.63, 3.8) is 0 Å². The first-order valence-corrected chi connectivity index (χ1v) is 7.44. The normalized spacial score (nSPS) is 10.4. The first-order chi connectivity index (χ1) is 11.8. The third-order valence-corrected chi connectivity index (χ3v) is 3.44. The highest BCUT2D eigenvalue weighted by atomic mass is 19.3. The van der Waals surface area contributed by atoms with Crippen molar-refractivity contribution >= 4 is 17.6 Å². The number of rotatable bonds is 6. The second-order valence-electron chi connectivity index (χ2n) is 5.33. The number of amides is 1. The number of aryl methyl sites for hydroxylation is 2. The third-order valence-electron chi connectivity index (χ3n) is 3.44. The molecule has 0 aliphatic carbocycles. The summed E-state index contributed by atoms with van der Waals surface area (Å²) in [6, 6.07) is 10.4. The Balaban J connectivity index is 1.86. The van der Waals surface area contributed by atoms with E-state index in [1.54, 1.807) is 6.07 Å². The van der Waals surface area contributed by atoms with Crippen LogP contribution in [-0.4, -0.2) is 25.1 Å². The first-order valence-electron chi connectivity index (χ1n) is 7.44. The molecule has 0 saturated carbocycles. The molecule has 0 saturated heterocycles. The number of hydrogen-bond donors (Lipinski definition) is 1. The fraction of sp³-hybridized carbons (Fsp3) is 0.222. The summed E-state index contributed by atoms with van der Waals surface area (Å²) in [6.45, 7) is 0.486. The molecule has 2 rings (SSSR count). The van der Waals surface area contributed by atoms with Gasteiger partial charge in [-0.2, -0.15) is 8.78 Å². The van der Waals surface area contributed by atoms with Gasteiger partial charge in [-0.25, -0.2) is 4.79 Å². The van der Waals surface area contributed by atoms with Crippen LogP contribution in [0.3, 0.4) is 0 Å². The Morgan fingerprint density at radius 1 is 1.04 bits per heavy atom. The minimum Gasteiger partial charge on any atom is -0.452 e. The summed E-state index contributed by atoms with van der Waals surface area (Å²) >= 11 is 0. The number of halogens is 2. The van der Waals surface area contributed by atoms with Gasteiger partial charge in [-0.05, 0) is 61.4 Å². The maximum Gasteiger partial charge on any atom is 0.387 e. The maximum atomic E-state index is 12.1. The molecule has 2 aromatic rings. The fourth-order valence-corrected chi connectivity index (χ4v) is 2.00. The molecule has 0 radical (unpaired) electrons. The van der Waals surface area contributed by atoms with E-state index in [-0.39, 0.29) is 11.3 Å². The monoisotopic (exact) mass is 349 g/mol. The number of carbonyl (C=O) groups is 2. The Morgan fingerprint density at radius 2 is 1.72 bits per heavy atom. The van der Waals surface area contributed by atoms with Crippen molar-refractivity contribution < 1.29 is 27.8 Å². The van der Waals surface area contributed by atoms with Gasteiger partial charge in [0.15, 0.2) is 6.61 Å². The van der Waals surface area contributed by atoms with E-state index < -0.39 is 25.1 Å². The molecule has 0 aliphatic rings. The molecular weight excluding hydrogens is 332 g/mol. The van der Waals surface area contributed by atoms with Gasteiger partial charge in [0.1, 0.15) is 5.75 Å². The van der Waals surface area contributed by atoms with Crippen LogP contribution in [0.15, 0.2) is 42.5 Å². The van der Waals surface area contributed by atoms with Gasteiger partial charge in [0.2, 0.25) is 0 Å². The Hall–Kier alpha value is -2.96. The Labute approximate surface area is 143 Å². The molecule has 25 heavy (non-hydrogen) atoms. The topological polar surface area (TPSA) is 64.6 Å². The molecule has 0 bridgehead atoms. The van der Waals surface area contributed by atoms with Crippen LogP contribution in [0.2, 0.25) is 0 Å². The zero-order valence-corrected chi connectivity index (χ0v) is 13.7. The Morgan fingerprint density at radius 3 is 2.32 bits per heavy atom. The molecular formula is C18H17F2NO4. The van der Waals surface area contributed by atoms with E-state index in [1.165, 1.54) is 24.3 Å². The molecule has 1 amide bonds. The smallest absolute Gasteiger partial charge is 0.387 e. The van der Waals surface area contributed by atoms with Gasteiger partial charge in [0, 0.05) is 5.69 Å². The lowest BCUT2D eigenvalue weighted by Gasteiger charge is -2.09. The molecule has 0 atom stereocenters. The molecule has 1 N–H and O–H groups in total. The van der Waals surface area contributed by atoms with E-state index in [0.29, 0.717) is 5.69 Å². The molecule has 0 unspecified atom stereocenters. The second-order valence-corrected chi connectivity index (χ2v) is 5.33. The predicted molar refractivity (Wildman–Crippen MR) is 87.9 cm³/mol. The van der Waals surface area contributed by atoms with E-state index in [1.807, 2.05) is 26.0 Å². The van der Waals surface area contributed by atoms with E-state index >= 15 is 0 Å². The number of ether oxygens (including phenoxy) is 2. The summed E-state index contributed by atoms with van der Waals surface area (Å²) < 4.78 is 33.2. The second kappa shape index (κ2) is 8.23. The number of benzene rings is 2. The summed E-state index contributed by atoms with van der Waals surface area (Å²) in [7, 11) is 0. The summed E-state index contributed by atoms with van der Waals surface area (Å²) in [6.07, 6.45) is 0. The van der Waals surface area contributed by atoms with Crippen molar-refractivity contribution in [2.24, 2.45) is 0 Å². The van der Waals surface area contributed by atoms with Crippen LogP contribution < -0.4 is 10.1 Å². The number of carbonyl (C=O) groups excluding carboxylic acids is 2. The average Bonchev–Trinajstić information content (AvgIpc) is 2.56. The zero-order chi connectivity index (χ0) is 18.4. The molecule has 2 aromatic carbocycles. The van der Waals surface area contributed by atoms with Crippen molar-refractivity contribution in [1.29, 1.82) is 0 Å². The van der Waals surface area contributed by atoms with Crippen LogP contribution >= 0.6 is 0 Å². The summed E-state index contributed by atoms with van der Waals surface area (Å²) in [5.41, 5.74) is 2.86. The van der Waals surface area contributed by atoms with E-state index in [4.69, 9.17) is 4.74 Å². The molecule has 0 fully saturated rings. The lowest BCUT2D eigenvalue weighted by atomic mass is 10.1. The highest BCUT2D eigenvalue weighted by molar-refractivity contribution is 5.95. The SMILES string of the molecule is Cc1ccc(NC(=O)COC(=O)c2ccc(OC(F)F)cc2)cc1C. The highest BCUT2D eigenvalue weighted by Crippen LogP contribution is 2.16. The number of anilines is 1. The summed E-state index contributed by atoms with van der Waals surface area (Å²) in [5, 5.41) is 2.63. The van der Waals surface area contributed by atoms with Gasteiger partial charge in [-0.3, -0.25) is 4.79 Å². The lowest BCUT2D eigenvalue weighted by molar-refractivity contribution is -0.119. The molecule has 7 heteroatoms. The standard InChI is InChI=1S/C18H17F2NO4/c1-11-3-6-14(9-12(11)2)21-16(22)10-24-17(23)13-4-7-15(8-5-13)25-18(19)20/h3-9,18H,10H2,1-2H3,(H,21,22). The molecule has 0 aromatic heterocycles. The largest absolute Gasteiger partial charge is 0.452 e. The molecule has 0 spiro atoms. The number of esters is 1. The van der Waals surface area contributed by atoms with Crippen molar-refractivity contribution in [3.8, 4) is 5.75 Å². The molecule has 132 valence electrons. The quantitative estimate of drug-likeness (QED) is 0.808. The van der Waals surface area contributed by atoms with Crippen LogP contribution in [0.5, 0.6) is 5.75 Å². The van der Waals surface area contributed by atoms with Gasteiger partial charge in [0.25, 0.3) is 5.91 Å². The maximum absolute atomic E-state index is 12.1. The van der Waals surface area contributed by atoms with Crippen molar-refractivity contribution in [2.45, 2.75) is 20.5 Å². The van der Waals surface area contributed by atoms with E-state index in [2.05, 4.69) is 10.1 Å². The van der Waals surface area contributed by atoms with Gasteiger partial charge >= 0.3 is 12.6 Å². The van der Waals surface area contributed by atoms with E-state index in [9.17, 15) is 18.4 Å². The fourth-order valence-electron chi connectivity index (χ4n) is 2.00. The zero-order valence-electron chi connectivity index (χ0n) is 13.7. The van der Waals surface area contributed by atoms with Gasteiger partial charge in [-0.15, -0.1) is 0 Å². The first kappa shape index (κ1) is 18.4. The Bertz CT molecular complexity index is 760. The predicted octanol–water partition coefficient (Wildman–Crippen LogP) is 3.70. The summed E-state index contributed by atoms with van der Waals surface area (Å²) in [5.74, 6) is -1.29. The minimum atomic E-state index is -2.94. The van der Waals surface area contributed by atoms with Crippen LogP contribution in [0, 0.1) is 13.8 Å².